The van der Waals surface area contributed by atoms with Crippen LogP contribution in [0.1, 0.15) is 11.1 Å². The van der Waals surface area contributed by atoms with Crippen molar-refractivity contribution in [2.75, 3.05) is 0 Å². The quantitative estimate of drug-likeness (QED) is 0.721. The third kappa shape index (κ3) is 1.96. The van der Waals surface area contributed by atoms with Gasteiger partial charge in [0.25, 0.3) is 0 Å². The van der Waals surface area contributed by atoms with Gasteiger partial charge in [-0.1, -0.05) is 29.8 Å². The maximum Gasteiger partial charge on any atom is 0.141 e. The molecule has 0 unspecified atom stereocenters. The molecule has 0 amide bonds. The molecule has 1 aliphatic carbocycles. The molecule has 2 aromatic rings. The third-order valence-electron chi connectivity index (χ3n) is 3.04. The number of pyridine rings is 1. The van der Waals surface area contributed by atoms with Crippen LogP contribution >= 0.6 is 11.6 Å². The van der Waals surface area contributed by atoms with Crippen molar-refractivity contribution in [1.29, 1.82) is 0 Å². The Morgan fingerprint density at radius 1 is 1.00 bits per heavy atom. The summed E-state index contributed by atoms with van der Waals surface area (Å²) in [6.45, 7) is 0. The molecule has 0 fully saturated rings. The highest BCUT2D eigenvalue weighted by Gasteiger charge is 2.18. The minimum Gasteiger partial charge on any atom is -0.299 e. The van der Waals surface area contributed by atoms with Crippen molar-refractivity contribution < 1.29 is 4.79 Å². The second kappa shape index (κ2) is 3.97. The highest BCUT2D eigenvalue weighted by atomic mass is 35.5. The van der Waals surface area contributed by atoms with Crippen LogP contribution in [0.25, 0.3) is 11.1 Å². The Labute approximate surface area is 104 Å². The number of ketones is 1. The largest absolute Gasteiger partial charge is 0.299 e. The minimum atomic E-state index is 0.296. The zero-order chi connectivity index (χ0) is 11.8. The van der Waals surface area contributed by atoms with Crippen molar-refractivity contribution in [3.63, 3.8) is 0 Å². The standard InChI is InChI=1S/C14H10ClNO/c15-14-8-11(3-4-16-14)9-1-2-10-6-13(17)7-12(10)5-9/h1-5,8H,6-7H2. The van der Waals surface area contributed by atoms with Crippen LogP contribution < -0.4 is 0 Å². The Kier molecular flexibility index (Phi) is 2.45. The van der Waals surface area contributed by atoms with Crippen molar-refractivity contribution in [3.8, 4) is 11.1 Å². The monoisotopic (exact) mass is 243 g/mol. The van der Waals surface area contributed by atoms with E-state index in [1.165, 1.54) is 0 Å². The first kappa shape index (κ1) is 10.5. The van der Waals surface area contributed by atoms with E-state index in [0.29, 0.717) is 23.8 Å². The Hall–Kier alpha value is -1.67. The second-order valence-corrected chi connectivity index (χ2v) is 4.63. The van der Waals surface area contributed by atoms with Gasteiger partial charge in [0.15, 0.2) is 0 Å². The maximum absolute atomic E-state index is 11.4. The summed E-state index contributed by atoms with van der Waals surface area (Å²) in [5, 5.41) is 0.485. The second-order valence-electron chi connectivity index (χ2n) is 4.24. The molecule has 17 heavy (non-hydrogen) atoms. The molecule has 0 spiro atoms. The summed E-state index contributed by atoms with van der Waals surface area (Å²) in [6.07, 6.45) is 2.82. The molecule has 0 saturated heterocycles. The van der Waals surface area contributed by atoms with E-state index in [0.717, 1.165) is 22.3 Å². The number of Topliss-reactive ketones (excluding diaryl/α,β-unsaturated/α-hetero) is 1. The van der Waals surface area contributed by atoms with Crippen LogP contribution in [0.2, 0.25) is 5.15 Å². The Morgan fingerprint density at radius 3 is 2.59 bits per heavy atom. The average molecular weight is 244 g/mol. The molecule has 84 valence electrons. The maximum atomic E-state index is 11.4. The van der Waals surface area contributed by atoms with Gasteiger partial charge in [-0.05, 0) is 34.4 Å². The van der Waals surface area contributed by atoms with Gasteiger partial charge in [0.1, 0.15) is 10.9 Å². The van der Waals surface area contributed by atoms with Gasteiger partial charge in [0, 0.05) is 19.0 Å². The lowest BCUT2D eigenvalue weighted by atomic mass is 10.0. The van der Waals surface area contributed by atoms with Crippen molar-refractivity contribution in [2.24, 2.45) is 0 Å². The van der Waals surface area contributed by atoms with Crippen molar-refractivity contribution in [3.05, 3.63) is 52.8 Å². The van der Waals surface area contributed by atoms with E-state index in [1.807, 2.05) is 24.3 Å². The number of hydrogen-bond donors (Lipinski definition) is 0. The number of carbonyl (C=O) groups is 1. The fraction of sp³-hybridized carbons (Fsp3) is 0.143. The number of fused-ring (bicyclic) bond motifs is 1. The number of halogens is 1. The molecule has 2 nitrogen and oxygen atoms in total. The summed E-state index contributed by atoms with van der Waals surface area (Å²) in [4.78, 5) is 15.3. The Morgan fingerprint density at radius 2 is 1.76 bits per heavy atom. The summed E-state index contributed by atoms with van der Waals surface area (Å²) in [5.74, 6) is 0.296. The topological polar surface area (TPSA) is 30.0 Å². The molecule has 1 aromatic carbocycles. The molecule has 3 rings (SSSR count). The smallest absolute Gasteiger partial charge is 0.141 e. The van der Waals surface area contributed by atoms with Crippen LogP contribution in [0.15, 0.2) is 36.5 Å². The molecule has 0 radical (unpaired) electrons. The number of aromatic nitrogens is 1. The number of hydrogen-bond acceptors (Lipinski definition) is 2. The predicted octanol–water partition coefficient (Wildman–Crippen LogP) is 3.07. The van der Waals surface area contributed by atoms with Crippen LogP contribution in [0.3, 0.4) is 0 Å². The van der Waals surface area contributed by atoms with Gasteiger partial charge in [0.2, 0.25) is 0 Å². The van der Waals surface area contributed by atoms with E-state index in [-0.39, 0.29) is 0 Å². The molecule has 0 aliphatic heterocycles. The first-order valence-electron chi connectivity index (χ1n) is 5.48. The van der Waals surface area contributed by atoms with E-state index in [2.05, 4.69) is 11.1 Å². The van der Waals surface area contributed by atoms with Crippen molar-refractivity contribution >= 4 is 17.4 Å². The minimum absolute atomic E-state index is 0.296. The van der Waals surface area contributed by atoms with Gasteiger partial charge >= 0.3 is 0 Å². The molecule has 0 saturated carbocycles. The lowest BCUT2D eigenvalue weighted by Crippen LogP contribution is -1.92. The molecular formula is C14H10ClNO. The van der Waals surface area contributed by atoms with E-state index >= 15 is 0 Å². The highest BCUT2D eigenvalue weighted by Crippen LogP contribution is 2.27. The van der Waals surface area contributed by atoms with E-state index in [1.54, 1.807) is 6.20 Å². The zero-order valence-electron chi connectivity index (χ0n) is 9.11. The van der Waals surface area contributed by atoms with Gasteiger partial charge in [-0.25, -0.2) is 4.98 Å². The molecule has 0 atom stereocenters. The predicted molar refractivity (Wildman–Crippen MR) is 67.1 cm³/mol. The fourth-order valence-electron chi connectivity index (χ4n) is 2.21. The van der Waals surface area contributed by atoms with Crippen LogP contribution in [0, 0.1) is 0 Å². The van der Waals surface area contributed by atoms with Crippen molar-refractivity contribution in [1.82, 2.24) is 4.98 Å². The molecular weight excluding hydrogens is 234 g/mol. The fourth-order valence-corrected chi connectivity index (χ4v) is 2.39. The third-order valence-corrected chi connectivity index (χ3v) is 3.25. The average Bonchev–Trinajstić information content (AvgIpc) is 2.68. The molecule has 0 bridgehead atoms. The van der Waals surface area contributed by atoms with Crippen LogP contribution in [-0.2, 0) is 17.6 Å². The first-order chi connectivity index (χ1) is 8.22. The molecule has 0 N–H and O–H groups in total. The number of carbonyl (C=O) groups excluding carboxylic acids is 1. The summed E-state index contributed by atoms with van der Waals surface area (Å²) >= 11 is 5.87. The van der Waals surface area contributed by atoms with Gasteiger partial charge < -0.3 is 0 Å². The summed E-state index contributed by atoms with van der Waals surface area (Å²) in [5.41, 5.74) is 4.41. The van der Waals surface area contributed by atoms with Crippen molar-refractivity contribution in [2.45, 2.75) is 12.8 Å². The lowest BCUT2D eigenvalue weighted by Gasteiger charge is -2.04. The van der Waals surface area contributed by atoms with Crippen LogP contribution in [0.4, 0.5) is 0 Å². The number of benzene rings is 1. The lowest BCUT2D eigenvalue weighted by molar-refractivity contribution is -0.117. The molecule has 1 aromatic heterocycles. The van der Waals surface area contributed by atoms with Gasteiger partial charge in [-0.3, -0.25) is 4.79 Å². The van der Waals surface area contributed by atoms with E-state index in [9.17, 15) is 4.79 Å². The zero-order valence-corrected chi connectivity index (χ0v) is 9.87. The van der Waals surface area contributed by atoms with E-state index in [4.69, 9.17) is 11.6 Å². The highest BCUT2D eigenvalue weighted by molar-refractivity contribution is 6.29. The van der Waals surface area contributed by atoms with Crippen LogP contribution in [0.5, 0.6) is 0 Å². The molecule has 3 heteroatoms. The van der Waals surface area contributed by atoms with Crippen LogP contribution in [-0.4, -0.2) is 10.8 Å². The van der Waals surface area contributed by atoms with Gasteiger partial charge in [-0.15, -0.1) is 0 Å². The van der Waals surface area contributed by atoms with Gasteiger partial charge in [-0.2, -0.15) is 0 Å². The molecule has 1 aliphatic rings. The Bertz CT molecular complexity index is 607. The molecule has 1 heterocycles. The summed E-state index contributed by atoms with van der Waals surface area (Å²) < 4.78 is 0. The summed E-state index contributed by atoms with van der Waals surface area (Å²) in [7, 11) is 0. The Balaban J connectivity index is 2.06. The number of rotatable bonds is 1. The van der Waals surface area contributed by atoms with Gasteiger partial charge in [0.05, 0.1) is 0 Å². The first-order valence-corrected chi connectivity index (χ1v) is 5.85. The number of nitrogens with zero attached hydrogens (tertiary/aromatic N) is 1. The normalized spacial score (nSPS) is 13.8. The SMILES string of the molecule is O=C1Cc2ccc(-c3ccnc(Cl)c3)cc2C1. The van der Waals surface area contributed by atoms with E-state index < -0.39 is 0 Å². The summed E-state index contributed by atoms with van der Waals surface area (Å²) in [6, 6.07) is 9.89.